The summed E-state index contributed by atoms with van der Waals surface area (Å²) in [6, 6.07) is 14.6. The van der Waals surface area contributed by atoms with Crippen LogP contribution in [0.3, 0.4) is 0 Å². The van der Waals surface area contributed by atoms with E-state index < -0.39 is 350 Å². The number of nitrogens with zero attached hydrogens (tertiary/aromatic N) is 1. The van der Waals surface area contributed by atoms with Crippen molar-refractivity contribution in [1.82, 2.24) is 46.9 Å². The number of benzene rings is 2. The van der Waals surface area contributed by atoms with Crippen molar-refractivity contribution in [3.05, 3.63) is 104 Å². The number of aliphatic carboxylic acids is 4. The lowest BCUT2D eigenvalue weighted by molar-refractivity contribution is -0.146. The summed E-state index contributed by atoms with van der Waals surface area (Å²) >= 11 is 2.60. The Kier molecular flexibility index (Phi) is 49.8. The molecule has 0 bridgehead atoms. The number of hydrogen-bond acceptors (Lipinski definition) is 38. The van der Waals surface area contributed by atoms with Gasteiger partial charge in [0.1, 0.15) is 79.0 Å². The minimum Gasteiger partial charge on any atom is -0.481 e. The zero-order valence-corrected chi connectivity index (χ0v) is 80.0. The van der Waals surface area contributed by atoms with Gasteiger partial charge in [-0.2, -0.15) is 16.7 Å². The number of nitrogen functional groups attached to an aromatic ring is 1. The van der Waals surface area contributed by atoms with Crippen LogP contribution in [-0.4, -0.2) is 360 Å². The largest absolute Gasteiger partial charge is 0.481 e. The highest BCUT2D eigenvalue weighted by Gasteiger charge is 2.43. The number of amides is 6. The third-order valence-electron chi connectivity index (χ3n) is 23.4. The summed E-state index contributed by atoms with van der Waals surface area (Å²) in [7, 11) is 1.77. The van der Waals surface area contributed by atoms with Crippen molar-refractivity contribution in [2.24, 2.45) is 23.7 Å². The van der Waals surface area contributed by atoms with Crippen molar-refractivity contribution in [2.75, 3.05) is 69.1 Å². The monoisotopic (exact) mass is 2050 g/mol. The first-order valence-corrected chi connectivity index (χ1v) is 49.4. The van der Waals surface area contributed by atoms with Crippen molar-refractivity contribution in [3.8, 4) is 11.1 Å². The summed E-state index contributed by atoms with van der Waals surface area (Å²) in [6.07, 6.45) is -35.4. The third-order valence-corrected chi connectivity index (χ3v) is 28.9. The van der Waals surface area contributed by atoms with Crippen LogP contribution in [0.1, 0.15) is 167 Å². The van der Waals surface area contributed by atoms with Gasteiger partial charge in [0.2, 0.25) is 41.4 Å². The van der Waals surface area contributed by atoms with E-state index in [-0.39, 0.29) is 47.7 Å². The summed E-state index contributed by atoms with van der Waals surface area (Å²) in [5, 5.41) is 206. The van der Waals surface area contributed by atoms with Crippen molar-refractivity contribution < 1.29 is 174 Å². The molecule has 19 atom stereocenters. The van der Waals surface area contributed by atoms with Crippen LogP contribution in [0, 0.1) is 23.7 Å². The molecule has 6 amide bonds. The lowest BCUT2D eigenvalue weighted by Crippen LogP contribution is -2.54. The molecule has 29 N–H and O–H groups in total. The molecular formula is C90H126N10O36S4. The molecule has 5 aromatic rings. The van der Waals surface area contributed by atoms with E-state index in [1.165, 1.54) is 36.9 Å². The number of carbonyl (C=O) groups excluding carboxylic acids is 11. The van der Waals surface area contributed by atoms with Crippen LogP contribution in [0.25, 0.3) is 22.2 Å². The molecule has 0 fully saturated rings. The number of thioether (sulfide) groups is 1. The fourth-order valence-electron chi connectivity index (χ4n) is 15.1. The topological polar surface area (TPSA) is 809 Å². The number of aliphatic hydroxyl groups is 15. The molecule has 1 aliphatic rings. The molecule has 0 saturated heterocycles. The maximum absolute atomic E-state index is 15.1. The number of aliphatic hydroxyl groups excluding tert-OH is 15. The van der Waals surface area contributed by atoms with Gasteiger partial charge in [0.15, 0.2) is 17.3 Å². The molecular weight excluding hydrogens is 1930 g/mol. The lowest BCUT2D eigenvalue weighted by Gasteiger charge is -2.32. The number of rotatable bonds is 70. The highest BCUT2D eigenvalue weighted by Crippen LogP contribution is 2.46. The number of carboxylic acid groups (broad SMARTS) is 4. The number of esters is 1. The molecule has 3 heterocycles. The summed E-state index contributed by atoms with van der Waals surface area (Å²) < 4.78 is 3.75. The van der Waals surface area contributed by atoms with E-state index in [1.54, 1.807) is 18.2 Å². The van der Waals surface area contributed by atoms with E-state index in [9.17, 15) is 164 Å². The molecule has 0 spiro atoms. The Bertz CT molecular complexity index is 5020. The molecule has 140 heavy (non-hydrogen) atoms. The van der Waals surface area contributed by atoms with Gasteiger partial charge in [-0.1, -0.05) is 70.1 Å². The summed E-state index contributed by atoms with van der Waals surface area (Å²) in [5.41, 5.74) is 10.5. The van der Waals surface area contributed by atoms with Crippen molar-refractivity contribution in [2.45, 2.75) is 244 Å². The minimum absolute atomic E-state index is 0.0483. The van der Waals surface area contributed by atoms with E-state index in [0.29, 0.717) is 36.0 Å². The van der Waals surface area contributed by atoms with Crippen LogP contribution in [0.5, 0.6) is 0 Å². The highest BCUT2D eigenvalue weighted by atomic mass is 33.1. The van der Waals surface area contributed by atoms with Crippen LogP contribution in [0.2, 0.25) is 0 Å². The number of hydrogen-bond donors (Lipinski definition) is 28. The number of fused-ring (bicyclic) bond motifs is 4. The number of carboxylic acids is 4. The number of nitrogens with two attached hydrogens (primary N) is 1. The predicted octanol–water partition coefficient (Wildman–Crippen LogP) is -3.25. The summed E-state index contributed by atoms with van der Waals surface area (Å²) in [5.74, 6) is -23.5. The number of aryl methyl sites for hydroxylation is 2. The Morgan fingerprint density at radius 2 is 0.943 bits per heavy atom. The van der Waals surface area contributed by atoms with E-state index in [4.69, 9.17) is 10.5 Å². The third kappa shape index (κ3) is 38.2. The molecule has 6 rings (SSSR count). The van der Waals surface area contributed by atoms with Crippen molar-refractivity contribution in [1.29, 1.82) is 0 Å². The molecule has 0 radical (unpaired) electrons. The number of thiophene rings is 1. The van der Waals surface area contributed by atoms with Gasteiger partial charge in [0.05, 0.1) is 71.1 Å². The van der Waals surface area contributed by atoms with Gasteiger partial charge in [0, 0.05) is 142 Å². The molecule has 0 unspecified atom stereocenters. The lowest BCUT2D eigenvalue weighted by atomic mass is 9.89. The number of anilines is 1. The van der Waals surface area contributed by atoms with Crippen LogP contribution in [-0.2, 0) is 84.7 Å². The molecule has 0 saturated carbocycles. The summed E-state index contributed by atoms with van der Waals surface area (Å²) in [6.45, 7) is -3.39. The number of ketones is 4. The fraction of sp³-hybridized carbons (Fsp3) is 0.589. The van der Waals surface area contributed by atoms with Gasteiger partial charge in [-0.3, -0.25) is 76.9 Å². The van der Waals surface area contributed by atoms with Gasteiger partial charge >= 0.3 is 29.8 Å². The van der Waals surface area contributed by atoms with Gasteiger partial charge in [0.25, 0.3) is 5.56 Å². The number of Topliss-reactive ketones (excluding diaryl/α,β-unsaturated/α-hetero) is 4. The SMILES string of the molecule is CC(C)(SSCCOC(=O)CC[C@H](CC(=O)c1ccc(CCCc2cc3c(=O)[nH]c(N)nc3[nH]2)s1)C(=O)O)[C@H](NC(=O)[C@H](CCC(=O)NC[C@H](O)[C@@H](O)[C@H](O)[C@H](O)CO)CC(=O)[C@H](CCC(=O)O)NC(=O)[C@H](CCC(=O)NC[C@H](O)[C@@H](O)[C@H](O)[C@H](O)CO)CC(=O)[C@H](CCC(=O)O)NC(=O)[C@H](CCC(=O)NC[C@H](O)[C@@H](O)[C@H](O)[C@H](O)CO)CC(=O)CCSCC1c2ccccc2-c2ccccc21)C(=O)O. The quantitative estimate of drug-likeness (QED) is 0.00787. The van der Waals surface area contributed by atoms with Gasteiger partial charge in [-0.05, 0) is 112 Å². The number of ether oxygens (including phenoxy) is 1. The minimum atomic E-state index is -2.21. The molecule has 50 heteroatoms. The van der Waals surface area contributed by atoms with E-state index in [1.807, 2.05) is 48.5 Å². The van der Waals surface area contributed by atoms with Crippen LogP contribution >= 0.6 is 44.7 Å². The van der Waals surface area contributed by atoms with Crippen LogP contribution < -0.4 is 43.2 Å². The zero-order chi connectivity index (χ0) is 104. The number of nitrogens with one attached hydrogen (secondary N) is 8. The molecule has 3 aromatic heterocycles. The second-order valence-corrected chi connectivity index (χ2v) is 39.9. The highest BCUT2D eigenvalue weighted by molar-refractivity contribution is 8.77. The first-order valence-electron chi connectivity index (χ1n) is 45.1. The first kappa shape index (κ1) is 118. The van der Waals surface area contributed by atoms with E-state index >= 15 is 9.59 Å². The Morgan fingerprint density at radius 3 is 1.39 bits per heavy atom. The maximum Gasteiger partial charge on any atom is 0.327 e. The van der Waals surface area contributed by atoms with Gasteiger partial charge in [-0.25, -0.2) is 4.79 Å². The number of aromatic amines is 2. The average molecular weight is 2050 g/mol. The fourth-order valence-corrected chi connectivity index (χ4v) is 19.7. The standard InChI is InChI=1S/C90H126N10O36S4/c1-90(2,140-138-31-29-136-74(121)27-17-47(87(132)133)35-61(107)68-21-18-50(139-68)9-7-8-48-36-55-82(95-48)99-89(91)100-86(55)131)81(88(134)135)98-85(130)46(16-24-71(116)94-39-64(110)77(124)80(127)67(113)42-103)34-60(106)58(20-26-73(119)120)97-84(129)45(15-23-70(115)93-38-63(109)76(123)79(126)66(112)41-102)33-59(105)57(19-25-72(117)118)96-83(128)44(14-22-69(114)92-37-62(108)75(122)78(125)65(111)40-101)32-49(104)28-30-137-43-56-53-12-5-3-10-51(53)52-11-4-6-13-54(52)56/h3-6,10-13,18,21,36,44-47,56-58,62-67,75-81,101-103,108-113,122-127H,7-9,14-17,19-20,22-35,37-43H2,1-2H3,(H,92,114)(H,93,115)(H,94,116)(H,96,128)(H,97,129)(H,98,130)(H,117,118)(H,119,120)(H,132,133)(H,134,135)(H4,91,95,99,100,131)/t44-,45-,46-,47-,57+,58+,62+,63+,64+,65-,66-,67-,75-,76-,77-,78-,79-,80-,81-/m1/s1. The van der Waals surface area contributed by atoms with Crippen LogP contribution in [0.4, 0.5) is 5.95 Å². The van der Waals surface area contributed by atoms with Crippen molar-refractivity contribution in [3.63, 3.8) is 0 Å². The molecule has 0 aliphatic heterocycles. The Morgan fingerprint density at radius 1 is 0.500 bits per heavy atom. The number of aromatic nitrogens is 3. The number of H-pyrrole nitrogens is 2. The molecule has 2 aromatic carbocycles. The van der Waals surface area contributed by atoms with E-state index in [0.717, 1.165) is 54.4 Å². The van der Waals surface area contributed by atoms with Crippen LogP contribution in [0.15, 0.2) is 71.5 Å². The molecule has 46 nitrogen and oxygen atoms in total. The zero-order valence-electron chi connectivity index (χ0n) is 76.7. The Hall–Kier alpha value is -10.3. The van der Waals surface area contributed by atoms with E-state index in [2.05, 4.69) is 46.9 Å². The second kappa shape index (κ2) is 58.9. The second-order valence-electron chi connectivity index (χ2n) is 34.5. The van der Waals surface area contributed by atoms with Gasteiger partial charge in [-0.15, -0.1) is 11.3 Å². The van der Waals surface area contributed by atoms with Crippen molar-refractivity contribution >= 4 is 150 Å². The Balaban J connectivity index is 1.21. The molecule has 776 valence electrons. The smallest absolute Gasteiger partial charge is 0.327 e. The Labute approximate surface area is 818 Å². The normalized spacial score (nSPS) is 16.1. The first-order chi connectivity index (χ1) is 66.2. The molecule has 1 aliphatic carbocycles. The number of carbonyl (C=O) groups is 15. The maximum atomic E-state index is 15.1. The van der Waals surface area contributed by atoms with Gasteiger partial charge < -0.3 is 144 Å². The predicted molar refractivity (Wildman–Crippen MR) is 504 cm³/mol. The summed E-state index contributed by atoms with van der Waals surface area (Å²) in [4.78, 5) is 229. The average Bonchev–Trinajstić information content (AvgIpc) is 1.61.